The lowest BCUT2D eigenvalue weighted by atomic mass is 9.94. The molecule has 0 amide bonds. The third-order valence-electron chi connectivity index (χ3n) is 9.80. The molecule has 3 aromatic rings. The molecule has 3 aromatic carbocycles. The largest absolute Gasteiger partial charge is 0.374 e. The Morgan fingerprint density at radius 2 is 1.04 bits per heavy atom. The first-order chi connectivity index (χ1) is 25.1. The van der Waals surface area contributed by atoms with Crippen LogP contribution in [0.15, 0.2) is 91.0 Å². The molecular weight excluding hydrogens is 640 g/mol. The second-order valence-electron chi connectivity index (χ2n) is 13.9. The second-order valence-corrected chi connectivity index (χ2v) is 13.9. The van der Waals surface area contributed by atoms with Gasteiger partial charge >= 0.3 is 0 Å². The summed E-state index contributed by atoms with van der Waals surface area (Å²) in [6.07, 6.45) is 10.9. The zero-order valence-corrected chi connectivity index (χ0v) is 31.1. The molecule has 1 saturated heterocycles. The van der Waals surface area contributed by atoms with Gasteiger partial charge in [0.05, 0.1) is 26.4 Å². The van der Waals surface area contributed by atoms with E-state index >= 15 is 0 Å². The molecule has 0 bridgehead atoms. The Morgan fingerprint density at radius 1 is 0.608 bits per heavy atom. The summed E-state index contributed by atoms with van der Waals surface area (Å²) < 4.78 is 26.4. The normalized spacial score (nSPS) is 20.5. The lowest BCUT2D eigenvalue weighted by molar-refractivity contribution is -0.569. The summed E-state index contributed by atoms with van der Waals surface area (Å²) in [5, 5.41) is 13.2. The van der Waals surface area contributed by atoms with Crippen LogP contribution >= 0.6 is 0 Å². The number of nitrogens with zero attached hydrogens (tertiary/aromatic N) is 2. The number of nitro groups is 1. The molecule has 1 fully saturated rings. The van der Waals surface area contributed by atoms with Gasteiger partial charge in [-0.05, 0) is 29.5 Å². The van der Waals surface area contributed by atoms with Crippen molar-refractivity contribution in [1.29, 1.82) is 0 Å². The first kappa shape index (κ1) is 40.6. The van der Waals surface area contributed by atoms with Gasteiger partial charge in [-0.1, -0.05) is 169 Å². The molecule has 0 aromatic heterocycles. The van der Waals surface area contributed by atoms with Crippen molar-refractivity contribution >= 4 is 0 Å². The van der Waals surface area contributed by atoms with Crippen molar-refractivity contribution in [3.63, 3.8) is 0 Å². The monoisotopic (exact) mass is 702 g/mol. The summed E-state index contributed by atoms with van der Waals surface area (Å²) in [6, 6.07) is 28.7. The summed E-state index contributed by atoms with van der Waals surface area (Å²) in [5.41, 5.74) is 2.99. The smallest absolute Gasteiger partial charge is 0.280 e. The van der Waals surface area contributed by atoms with Gasteiger partial charge in [0.15, 0.2) is 12.3 Å². The van der Waals surface area contributed by atoms with E-state index in [1.165, 1.54) is 51.4 Å². The van der Waals surface area contributed by atoms with E-state index in [2.05, 4.69) is 18.7 Å². The fourth-order valence-corrected chi connectivity index (χ4v) is 6.92. The summed E-state index contributed by atoms with van der Waals surface area (Å²) in [6.45, 7) is 7.10. The molecule has 0 N–H and O–H groups in total. The van der Waals surface area contributed by atoms with Crippen LogP contribution in [0.1, 0.15) is 108 Å². The molecule has 0 radical (unpaired) electrons. The van der Waals surface area contributed by atoms with Crippen LogP contribution in [0.2, 0.25) is 0 Å². The van der Waals surface area contributed by atoms with E-state index in [1.54, 1.807) is 0 Å². The van der Waals surface area contributed by atoms with Crippen LogP contribution in [-0.4, -0.2) is 60.1 Å². The van der Waals surface area contributed by atoms with Gasteiger partial charge in [-0.2, -0.15) is 0 Å². The molecule has 1 aliphatic rings. The van der Waals surface area contributed by atoms with Crippen molar-refractivity contribution in [2.45, 2.75) is 141 Å². The molecule has 0 aliphatic carbocycles. The molecule has 51 heavy (non-hydrogen) atoms. The second kappa shape index (κ2) is 24.2. The van der Waals surface area contributed by atoms with E-state index in [-0.39, 0.29) is 24.7 Å². The molecule has 4 rings (SSSR count). The van der Waals surface area contributed by atoms with Crippen molar-refractivity contribution in [1.82, 2.24) is 4.90 Å². The van der Waals surface area contributed by atoms with Crippen molar-refractivity contribution in [2.75, 3.05) is 19.7 Å². The lowest BCUT2D eigenvalue weighted by Gasteiger charge is -2.46. The first-order valence-electron chi connectivity index (χ1n) is 19.6. The highest BCUT2D eigenvalue weighted by Gasteiger charge is 2.55. The molecule has 0 unspecified atom stereocenters. The lowest BCUT2D eigenvalue weighted by Crippen LogP contribution is -2.67. The number of unbranched alkanes of at least 4 members (excludes halogenated alkanes) is 10. The van der Waals surface area contributed by atoms with Crippen LogP contribution in [0.5, 0.6) is 0 Å². The van der Waals surface area contributed by atoms with Crippen LogP contribution < -0.4 is 0 Å². The van der Waals surface area contributed by atoms with E-state index in [1.807, 2.05) is 91.0 Å². The van der Waals surface area contributed by atoms with Gasteiger partial charge in [0.25, 0.3) is 6.04 Å². The topological polar surface area (TPSA) is 83.3 Å². The number of hydrogen-bond acceptors (Lipinski definition) is 7. The van der Waals surface area contributed by atoms with Gasteiger partial charge in [0, 0.05) is 18.0 Å². The molecule has 8 nitrogen and oxygen atoms in total. The Bertz CT molecular complexity index is 1300. The highest BCUT2D eigenvalue weighted by Crippen LogP contribution is 2.32. The average molecular weight is 703 g/mol. The van der Waals surface area contributed by atoms with Crippen LogP contribution in [0.3, 0.4) is 0 Å². The third kappa shape index (κ3) is 14.4. The summed E-state index contributed by atoms with van der Waals surface area (Å²) in [4.78, 5) is 15.3. The maximum absolute atomic E-state index is 13.2. The van der Waals surface area contributed by atoms with Crippen molar-refractivity contribution in [3.05, 3.63) is 118 Å². The van der Waals surface area contributed by atoms with Crippen LogP contribution in [0.25, 0.3) is 0 Å². The maximum atomic E-state index is 13.2. The molecule has 1 aliphatic heterocycles. The van der Waals surface area contributed by atoms with E-state index in [0.29, 0.717) is 6.61 Å². The Labute approximate surface area is 307 Å². The standard InChI is InChI=1S/C43H62N2O6/c1-3-5-7-9-11-22-30-44(31-23-12-10-8-6-4-2)43-40(45(46)47)42(50-34-38-28-20-15-21-29-38)41(49-33-37-26-18-14-19-27-37)39(51-43)35-48-32-36-24-16-13-17-25-36/h13-21,24-29,39-43H,3-12,22-23,30-35H2,1-2H3/t39-,40-,41-,42-,43-/m1/s1. The quantitative estimate of drug-likeness (QED) is 0.0468. The fraction of sp³-hybridized carbons (Fsp3) is 0.581. The average Bonchev–Trinajstić information content (AvgIpc) is 3.16. The summed E-state index contributed by atoms with van der Waals surface area (Å²) >= 11 is 0. The Balaban J connectivity index is 1.62. The molecule has 8 heteroatoms. The van der Waals surface area contributed by atoms with Gasteiger partial charge < -0.3 is 18.9 Å². The Morgan fingerprint density at radius 3 is 1.51 bits per heavy atom. The highest BCUT2D eigenvalue weighted by molar-refractivity contribution is 5.15. The van der Waals surface area contributed by atoms with E-state index in [9.17, 15) is 10.1 Å². The summed E-state index contributed by atoms with van der Waals surface area (Å²) in [5.74, 6) is 0. The number of benzene rings is 3. The van der Waals surface area contributed by atoms with Crippen molar-refractivity contribution in [3.8, 4) is 0 Å². The summed E-state index contributed by atoms with van der Waals surface area (Å²) in [7, 11) is 0. The maximum Gasteiger partial charge on any atom is 0.280 e. The minimum atomic E-state index is -1.14. The highest BCUT2D eigenvalue weighted by atomic mass is 16.7. The number of hydrogen-bond donors (Lipinski definition) is 0. The molecule has 280 valence electrons. The van der Waals surface area contributed by atoms with Crippen molar-refractivity contribution in [2.24, 2.45) is 0 Å². The van der Waals surface area contributed by atoms with E-state index < -0.39 is 30.6 Å². The minimum absolute atomic E-state index is 0.185. The van der Waals surface area contributed by atoms with E-state index in [4.69, 9.17) is 18.9 Å². The molecule has 1 heterocycles. The fourth-order valence-electron chi connectivity index (χ4n) is 6.92. The Kier molecular flexibility index (Phi) is 19.3. The molecule has 0 spiro atoms. The predicted molar refractivity (Wildman–Crippen MR) is 204 cm³/mol. The molecule has 0 saturated carbocycles. The zero-order chi connectivity index (χ0) is 35.9. The number of ether oxygens (including phenoxy) is 4. The molecule has 5 atom stereocenters. The first-order valence-corrected chi connectivity index (χ1v) is 19.6. The van der Waals surface area contributed by atoms with E-state index in [0.717, 1.165) is 55.5 Å². The van der Waals surface area contributed by atoms with Gasteiger partial charge in [0.2, 0.25) is 0 Å². The van der Waals surface area contributed by atoms with Gasteiger partial charge in [-0.25, -0.2) is 0 Å². The number of rotatable bonds is 26. The SMILES string of the molecule is CCCCCCCCN(CCCCCCCC)[C@@H]1O[C@H](COCc2ccccc2)[C@@H](OCc2ccccc2)[C@H](OCc2ccccc2)[C@H]1[N+](=O)[O-]. The molecular formula is C43H62N2O6. The van der Waals surface area contributed by atoms with Crippen LogP contribution in [-0.2, 0) is 38.8 Å². The van der Waals surface area contributed by atoms with Gasteiger partial charge in [-0.15, -0.1) is 0 Å². The minimum Gasteiger partial charge on any atom is -0.374 e. The van der Waals surface area contributed by atoms with Gasteiger partial charge in [0.1, 0.15) is 12.2 Å². The Hall–Kier alpha value is -3.14. The predicted octanol–water partition coefficient (Wildman–Crippen LogP) is 9.77. The third-order valence-corrected chi connectivity index (χ3v) is 9.80. The van der Waals surface area contributed by atoms with Gasteiger partial charge in [-0.3, -0.25) is 15.0 Å². The zero-order valence-electron chi connectivity index (χ0n) is 31.1. The van der Waals surface area contributed by atoms with Crippen LogP contribution in [0, 0.1) is 10.1 Å². The van der Waals surface area contributed by atoms with Crippen LogP contribution in [0.4, 0.5) is 0 Å². The van der Waals surface area contributed by atoms with Crippen molar-refractivity contribution < 1.29 is 23.9 Å².